The molecule has 1 unspecified atom stereocenters. The van der Waals surface area contributed by atoms with Crippen LogP contribution in [0.25, 0.3) is 0 Å². The number of carbonyl (C=O) groups excluding carboxylic acids is 1. The molecule has 1 amide bonds. The zero-order valence-corrected chi connectivity index (χ0v) is 15.3. The minimum atomic E-state index is -4.83. The number of hydrogen-bond donors (Lipinski definition) is 1. The van der Waals surface area contributed by atoms with E-state index in [9.17, 15) is 36.2 Å². The number of rotatable bonds is 5. The Morgan fingerprint density at radius 1 is 1.17 bits per heavy atom. The average molecular weight is 427 g/mol. The van der Waals surface area contributed by atoms with Crippen LogP contribution < -0.4 is 9.64 Å². The molecule has 1 N–H and O–H groups in total. The highest BCUT2D eigenvalue weighted by atomic mass is 19.4. The molecule has 0 spiro atoms. The van der Waals surface area contributed by atoms with Crippen molar-refractivity contribution < 1.29 is 45.7 Å². The number of carbonyl (C=O) groups is 1. The zero-order chi connectivity index (χ0) is 21.7. The van der Waals surface area contributed by atoms with Crippen molar-refractivity contribution in [2.45, 2.75) is 37.9 Å². The average Bonchev–Trinajstić information content (AvgIpc) is 2.93. The van der Waals surface area contributed by atoms with Gasteiger partial charge in [-0.15, -0.1) is 13.2 Å². The summed E-state index contributed by atoms with van der Waals surface area (Å²) in [6.07, 6.45) is -9.32. The molecule has 3 atom stereocenters. The molecular formula is C18H19F6NO4. The highest BCUT2D eigenvalue weighted by Crippen LogP contribution is 2.54. The molecule has 0 bridgehead atoms. The molecule has 1 saturated carbocycles. The van der Waals surface area contributed by atoms with Crippen molar-refractivity contribution >= 4 is 11.6 Å². The fourth-order valence-electron chi connectivity index (χ4n) is 4.23. The van der Waals surface area contributed by atoms with Crippen LogP contribution in [0.15, 0.2) is 24.3 Å². The quantitative estimate of drug-likeness (QED) is 0.729. The Morgan fingerprint density at radius 2 is 1.79 bits per heavy atom. The summed E-state index contributed by atoms with van der Waals surface area (Å²) >= 11 is 0. The highest BCUT2D eigenvalue weighted by molar-refractivity contribution is 6.00. The highest BCUT2D eigenvalue weighted by Gasteiger charge is 2.61. The van der Waals surface area contributed by atoms with E-state index in [1.807, 2.05) is 0 Å². The third-order valence-electron chi connectivity index (χ3n) is 5.38. The summed E-state index contributed by atoms with van der Waals surface area (Å²) in [6.45, 7) is -0.197. The first kappa shape index (κ1) is 21.7. The van der Waals surface area contributed by atoms with Crippen molar-refractivity contribution in [2.24, 2.45) is 11.3 Å². The minimum Gasteiger partial charge on any atom is -0.406 e. The molecule has 1 heterocycles. The number of fused-ring (bicyclic) bond motifs is 1. The van der Waals surface area contributed by atoms with Crippen LogP contribution in [0, 0.1) is 11.3 Å². The van der Waals surface area contributed by atoms with Crippen molar-refractivity contribution in [1.29, 1.82) is 0 Å². The number of nitrogens with zero attached hydrogens (tertiary/aromatic N) is 1. The maximum Gasteiger partial charge on any atom is 0.573 e. The lowest BCUT2D eigenvalue weighted by Gasteiger charge is -2.28. The lowest BCUT2D eigenvalue weighted by atomic mass is 9.82. The van der Waals surface area contributed by atoms with Crippen molar-refractivity contribution in [3.8, 4) is 5.75 Å². The molecule has 0 aromatic heterocycles. The van der Waals surface area contributed by atoms with E-state index < -0.39 is 42.5 Å². The van der Waals surface area contributed by atoms with Crippen LogP contribution in [-0.4, -0.2) is 48.9 Å². The normalized spacial score (nSPS) is 30.0. The van der Waals surface area contributed by atoms with Gasteiger partial charge in [0.2, 0.25) is 5.91 Å². The molecular weight excluding hydrogens is 408 g/mol. The second kappa shape index (κ2) is 7.05. The number of aliphatic hydroxyl groups is 1. The van der Waals surface area contributed by atoms with Gasteiger partial charge in [0.05, 0.1) is 17.6 Å². The van der Waals surface area contributed by atoms with Gasteiger partial charge < -0.3 is 19.5 Å². The van der Waals surface area contributed by atoms with E-state index in [4.69, 9.17) is 0 Å². The Bertz CT molecular complexity index is 765. The summed E-state index contributed by atoms with van der Waals surface area (Å²) in [5.74, 6) is -1.10. The number of halogens is 6. The molecule has 1 aromatic carbocycles. The molecule has 1 aliphatic heterocycles. The molecule has 162 valence electrons. The monoisotopic (exact) mass is 427 g/mol. The molecule has 11 heteroatoms. The summed E-state index contributed by atoms with van der Waals surface area (Å²) < 4.78 is 81.9. The summed E-state index contributed by atoms with van der Waals surface area (Å²) in [5.41, 5.74) is -2.18. The maximum atomic E-state index is 12.9. The van der Waals surface area contributed by atoms with Gasteiger partial charge in [-0.3, -0.25) is 4.79 Å². The Balaban J connectivity index is 1.66. The first-order chi connectivity index (χ1) is 13.2. The molecule has 1 aromatic rings. The van der Waals surface area contributed by atoms with Gasteiger partial charge in [-0.25, -0.2) is 0 Å². The predicted molar refractivity (Wildman–Crippen MR) is 88.1 cm³/mol. The second-order valence-corrected chi connectivity index (χ2v) is 7.79. The van der Waals surface area contributed by atoms with Crippen molar-refractivity contribution in [3.05, 3.63) is 24.3 Å². The van der Waals surface area contributed by atoms with E-state index in [2.05, 4.69) is 9.47 Å². The van der Waals surface area contributed by atoms with E-state index in [0.29, 0.717) is 5.69 Å². The number of alkyl halides is 6. The second-order valence-electron chi connectivity index (χ2n) is 7.79. The van der Waals surface area contributed by atoms with E-state index in [1.54, 1.807) is 6.92 Å². The number of amides is 1. The van der Waals surface area contributed by atoms with Crippen LogP contribution in [0.3, 0.4) is 0 Å². The van der Waals surface area contributed by atoms with Gasteiger partial charge in [0.15, 0.2) is 0 Å². The first-order valence-corrected chi connectivity index (χ1v) is 8.75. The summed E-state index contributed by atoms with van der Waals surface area (Å²) in [4.78, 5) is 14.3. The Morgan fingerprint density at radius 3 is 2.31 bits per heavy atom. The largest absolute Gasteiger partial charge is 0.573 e. The fraction of sp³-hybridized carbons (Fsp3) is 0.611. The number of benzene rings is 1. The topological polar surface area (TPSA) is 59.0 Å². The molecule has 29 heavy (non-hydrogen) atoms. The predicted octanol–water partition coefficient (Wildman–Crippen LogP) is 3.66. The fourth-order valence-corrected chi connectivity index (χ4v) is 4.23. The molecule has 2 aliphatic rings. The maximum absolute atomic E-state index is 12.9. The van der Waals surface area contributed by atoms with Crippen LogP contribution >= 0.6 is 0 Å². The van der Waals surface area contributed by atoms with E-state index in [-0.39, 0.29) is 31.2 Å². The summed E-state index contributed by atoms with van der Waals surface area (Å²) in [7, 11) is 0. The van der Waals surface area contributed by atoms with Gasteiger partial charge in [0.1, 0.15) is 12.4 Å². The number of anilines is 1. The Hall–Kier alpha value is -2.01. The Labute approximate surface area is 162 Å². The standard InChI is InChI=1S/C18H19F6NO4/c1-15-8-16(27,9-28-10-17(19,20)21)6-11(15)7-25(14(15)26)12-2-4-13(5-3-12)29-18(22,23)24/h2-5,11,27H,6-10H2,1H3/t11?,15-,16-/m0/s1. The zero-order valence-electron chi connectivity index (χ0n) is 15.3. The lowest BCUT2D eigenvalue weighted by molar-refractivity contribution is -0.274. The SMILES string of the molecule is C[C@]12C[C@](O)(COCC(F)(F)F)CC1CN(c1ccc(OC(F)(F)F)cc1)C2=O. The van der Waals surface area contributed by atoms with Gasteiger partial charge in [0, 0.05) is 12.2 Å². The molecule has 5 nitrogen and oxygen atoms in total. The Kier molecular flexibility index (Phi) is 5.27. The summed E-state index contributed by atoms with van der Waals surface area (Å²) in [6, 6.07) is 4.83. The van der Waals surface area contributed by atoms with Crippen molar-refractivity contribution in [3.63, 3.8) is 0 Å². The van der Waals surface area contributed by atoms with Gasteiger partial charge in [-0.1, -0.05) is 6.92 Å². The molecule has 0 radical (unpaired) electrons. The van der Waals surface area contributed by atoms with E-state index in [0.717, 1.165) is 12.1 Å². The van der Waals surface area contributed by atoms with Gasteiger partial charge in [0.25, 0.3) is 0 Å². The van der Waals surface area contributed by atoms with Crippen LogP contribution in [0.1, 0.15) is 19.8 Å². The van der Waals surface area contributed by atoms with Crippen molar-refractivity contribution in [2.75, 3.05) is 24.7 Å². The van der Waals surface area contributed by atoms with E-state index in [1.165, 1.54) is 17.0 Å². The van der Waals surface area contributed by atoms with Crippen LogP contribution in [0.4, 0.5) is 32.0 Å². The van der Waals surface area contributed by atoms with Crippen LogP contribution in [-0.2, 0) is 9.53 Å². The smallest absolute Gasteiger partial charge is 0.406 e. The molecule has 1 saturated heterocycles. The molecule has 3 rings (SSSR count). The van der Waals surface area contributed by atoms with Crippen molar-refractivity contribution in [1.82, 2.24) is 0 Å². The summed E-state index contributed by atoms with van der Waals surface area (Å²) in [5, 5.41) is 10.6. The number of hydrogen-bond acceptors (Lipinski definition) is 4. The third kappa shape index (κ3) is 4.77. The van der Waals surface area contributed by atoms with Gasteiger partial charge in [-0.2, -0.15) is 13.2 Å². The van der Waals surface area contributed by atoms with E-state index >= 15 is 0 Å². The van der Waals surface area contributed by atoms with Crippen LogP contribution in [0.2, 0.25) is 0 Å². The lowest BCUT2D eigenvalue weighted by Crippen LogP contribution is -2.39. The molecule has 2 fully saturated rings. The van der Waals surface area contributed by atoms with Gasteiger partial charge in [-0.05, 0) is 43.0 Å². The molecule has 1 aliphatic carbocycles. The third-order valence-corrected chi connectivity index (χ3v) is 5.38. The first-order valence-electron chi connectivity index (χ1n) is 8.75. The number of ether oxygens (including phenoxy) is 2. The van der Waals surface area contributed by atoms with Crippen LogP contribution in [0.5, 0.6) is 5.75 Å². The van der Waals surface area contributed by atoms with Gasteiger partial charge >= 0.3 is 12.5 Å². The minimum absolute atomic E-state index is 0.0624.